The number of hydrogen-bond donors (Lipinski definition) is 0. The fourth-order valence-corrected chi connectivity index (χ4v) is 11.2. The third kappa shape index (κ3) is 6.50. The summed E-state index contributed by atoms with van der Waals surface area (Å²) < 4.78 is 177. The fraction of sp³-hybridized carbons (Fsp3) is 0.400. The van der Waals surface area contributed by atoms with E-state index in [1.807, 2.05) is 73.4 Å². The molecule has 0 spiro atoms. The maximum atomic E-state index is 14.6. The van der Waals surface area contributed by atoms with Gasteiger partial charge in [0.05, 0.1) is 14.7 Å². The molecule has 0 saturated carbocycles. The SMILES string of the molecule is C[Si](C)(CCC(F)(F)C(F)(F)C(F)(F)C(F)(F)C(F)(F)C(F)(F)F)Cc1ccccc1[P+](C)(c1ccccc1)c1ccccc1. The van der Waals surface area contributed by atoms with Crippen molar-refractivity contribution in [2.24, 2.45) is 0 Å². The first kappa shape index (κ1) is 36.9. The molecule has 0 aliphatic heterocycles. The van der Waals surface area contributed by atoms with Crippen LogP contribution in [0.2, 0.25) is 19.1 Å². The van der Waals surface area contributed by atoms with Gasteiger partial charge >= 0.3 is 35.8 Å². The lowest BCUT2D eigenvalue weighted by atomic mass is 9.93. The molecule has 248 valence electrons. The molecule has 0 bridgehead atoms. The summed E-state index contributed by atoms with van der Waals surface area (Å²) in [7, 11) is -5.56. The summed E-state index contributed by atoms with van der Waals surface area (Å²) in [5, 5.41) is 2.72. The van der Waals surface area contributed by atoms with Crippen LogP contribution in [0.1, 0.15) is 12.0 Å². The van der Waals surface area contributed by atoms with Gasteiger partial charge in [0.2, 0.25) is 0 Å². The minimum absolute atomic E-state index is 0.0405. The van der Waals surface area contributed by atoms with E-state index in [0.29, 0.717) is 5.56 Å². The molecule has 3 rings (SSSR count). The molecule has 0 fully saturated rings. The monoisotopic (exact) mass is 695 g/mol. The smallest absolute Gasteiger partial charge is 0.200 e. The molecule has 3 aromatic rings. The first-order chi connectivity index (χ1) is 20.4. The molecule has 0 aliphatic rings. The molecular weight excluding hydrogens is 666 g/mol. The predicted octanol–water partition coefficient (Wildman–Crippen LogP) is 9.53. The van der Waals surface area contributed by atoms with Gasteiger partial charge in [-0.15, -0.1) is 0 Å². The van der Waals surface area contributed by atoms with Gasteiger partial charge in [-0.1, -0.05) is 73.7 Å². The molecular formula is C30H29F13PSi+. The zero-order valence-electron chi connectivity index (χ0n) is 24.1. The molecule has 0 atom stereocenters. The van der Waals surface area contributed by atoms with Crippen molar-refractivity contribution in [3.8, 4) is 0 Å². The summed E-state index contributed by atoms with van der Waals surface area (Å²) in [4.78, 5) is 0. The molecule has 0 unspecified atom stereocenters. The summed E-state index contributed by atoms with van der Waals surface area (Å²) in [6, 6.07) is 24.8. The molecule has 0 heterocycles. The molecule has 0 aliphatic carbocycles. The van der Waals surface area contributed by atoms with Gasteiger partial charge < -0.3 is 0 Å². The van der Waals surface area contributed by atoms with Crippen molar-refractivity contribution in [3.63, 3.8) is 0 Å². The largest absolute Gasteiger partial charge is 0.460 e. The average molecular weight is 696 g/mol. The Morgan fingerprint density at radius 1 is 0.533 bits per heavy atom. The molecule has 0 radical (unpaired) electrons. The Labute approximate surface area is 253 Å². The Hall–Kier alpha value is -2.60. The van der Waals surface area contributed by atoms with E-state index < -0.39 is 63.6 Å². The van der Waals surface area contributed by atoms with Crippen molar-refractivity contribution in [1.82, 2.24) is 0 Å². The quantitative estimate of drug-likeness (QED) is 0.101. The lowest BCUT2D eigenvalue weighted by molar-refractivity contribution is -0.439. The van der Waals surface area contributed by atoms with Crippen LogP contribution >= 0.6 is 7.26 Å². The topological polar surface area (TPSA) is 0 Å². The third-order valence-electron chi connectivity index (χ3n) is 7.80. The molecule has 0 aromatic heterocycles. The van der Waals surface area contributed by atoms with Gasteiger partial charge in [0.25, 0.3) is 0 Å². The highest BCUT2D eigenvalue weighted by atomic mass is 31.2. The van der Waals surface area contributed by atoms with E-state index in [1.54, 1.807) is 18.2 Å². The van der Waals surface area contributed by atoms with E-state index in [1.165, 1.54) is 13.1 Å². The van der Waals surface area contributed by atoms with Crippen LogP contribution in [0, 0.1) is 0 Å². The minimum Gasteiger partial charge on any atom is -0.200 e. The Morgan fingerprint density at radius 2 is 0.933 bits per heavy atom. The van der Waals surface area contributed by atoms with Crippen molar-refractivity contribution in [2.45, 2.75) is 67.4 Å². The van der Waals surface area contributed by atoms with Gasteiger partial charge in [-0.3, -0.25) is 0 Å². The highest BCUT2D eigenvalue weighted by Crippen LogP contribution is 2.61. The number of hydrogen-bond acceptors (Lipinski definition) is 0. The summed E-state index contributed by atoms with van der Waals surface area (Å²) in [5.74, 6) is -36.7. The van der Waals surface area contributed by atoms with Crippen LogP contribution < -0.4 is 15.9 Å². The third-order valence-corrected chi connectivity index (χ3v) is 14.8. The second-order valence-corrected chi connectivity index (χ2v) is 20.4. The normalized spacial score (nSPS) is 14.5. The molecule has 0 saturated heterocycles. The fourth-order valence-electron chi connectivity index (χ4n) is 5.03. The van der Waals surface area contributed by atoms with Crippen molar-refractivity contribution < 1.29 is 57.1 Å². The van der Waals surface area contributed by atoms with Crippen molar-refractivity contribution >= 4 is 31.2 Å². The Bertz CT molecular complexity index is 1400. The zero-order chi connectivity index (χ0) is 34.3. The van der Waals surface area contributed by atoms with Crippen molar-refractivity contribution in [3.05, 3.63) is 90.5 Å². The van der Waals surface area contributed by atoms with Crippen LogP contribution in [0.4, 0.5) is 57.1 Å². The maximum Gasteiger partial charge on any atom is 0.460 e. The average Bonchev–Trinajstić information content (AvgIpc) is 2.96. The van der Waals surface area contributed by atoms with Crippen LogP contribution in [-0.2, 0) is 6.04 Å². The predicted molar refractivity (Wildman–Crippen MR) is 152 cm³/mol. The van der Waals surface area contributed by atoms with Crippen LogP contribution in [0.3, 0.4) is 0 Å². The first-order valence-electron chi connectivity index (χ1n) is 13.4. The molecule has 0 nitrogen and oxygen atoms in total. The number of benzene rings is 3. The molecule has 15 heteroatoms. The van der Waals surface area contributed by atoms with Gasteiger partial charge in [-0.05, 0) is 41.9 Å². The van der Waals surface area contributed by atoms with Crippen molar-refractivity contribution in [1.29, 1.82) is 0 Å². The van der Waals surface area contributed by atoms with E-state index in [-0.39, 0.29) is 6.04 Å². The Morgan fingerprint density at radius 3 is 1.38 bits per heavy atom. The standard InChI is InChI=1S/C30H29F13PSi/c1-44(22-13-6-4-7-14-22,23-15-8-5-9-16-23)24-17-11-10-12-21(24)20-45(2,3)19-18-25(31,32)26(33,34)27(35,36)28(37,38)29(39,40)30(41,42)43/h4-17H,18-20H2,1-3H3/q+1. The highest BCUT2D eigenvalue weighted by molar-refractivity contribution is 7.95. The van der Waals surface area contributed by atoms with E-state index in [9.17, 15) is 57.1 Å². The van der Waals surface area contributed by atoms with Crippen LogP contribution in [0.15, 0.2) is 84.9 Å². The van der Waals surface area contributed by atoms with E-state index in [0.717, 1.165) is 15.9 Å². The van der Waals surface area contributed by atoms with E-state index in [2.05, 4.69) is 0 Å². The Balaban J connectivity index is 1.95. The van der Waals surface area contributed by atoms with E-state index in [4.69, 9.17) is 0 Å². The molecule has 0 amide bonds. The second kappa shape index (κ2) is 12.2. The van der Waals surface area contributed by atoms with Crippen LogP contribution in [0.5, 0.6) is 0 Å². The lowest BCUT2D eigenvalue weighted by Gasteiger charge is -2.40. The number of rotatable bonds is 12. The number of alkyl halides is 13. The van der Waals surface area contributed by atoms with Crippen molar-refractivity contribution in [2.75, 3.05) is 6.66 Å². The summed E-state index contributed by atoms with van der Waals surface area (Å²) in [6.45, 7) is 4.95. The van der Waals surface area contributed by atoms with E-state index >= 15 is 0 Å². The summed E-state index contributed by atoms with van der Waals surface area (Å²) in [5.41, 5.74) is 0.648. The zero-order valence-corrected chi connectivity index (χ0v) is 26.0. The lowest BCUT2D eigenvalue weighted by Crippen LogP contribution is -2.70. The van der Waals surface area contributed by atoms with Gasteiger partial charge in [0.15, 0.2) is 0 Å². The summed E-state index contributed by atoms with van der Waals surface area (Å²) in [6.07, 6.45) is -9.58. The second-order valence-electron chi connectivity index (χ2n) is 11.6. The first-order valence-corrected chi connectivity index (χ1v) is 19.0. The van der Waals surface area contributed by atoms with Gasteiger partial charge in [0, 0.05) is 6.42 Å². The molecule has 0 N–H and O–H groups in total. The summed E-state index contributed by atoms with van der Waals surface area (Å²) >= 11 is 0. The Kier molecular flexibility index (Phi) is 10.00. The van der Waals surface area contributed by atoms with Gasteiger partial charge in [-0.25, -0.2) is 0 Å². The maximum absolute atomic E-state index is 14.6. The highest BCUT2D eigenvalue weighted by Gasteiger charge is 2.90. The van der Waals surface area contributed by atoms with Crippen LogP contribution in [0.25, 0.3) is 0 Å². The molecule has 3 aromatic carbocycles. The van der Waals surface area contributed by atoms with Gasteiger partial charge in [0.1, 0.15) is 23.2 Å². The molecule has 45 heavy (non-hydrogen) atoms. The minimum atomic E-state index is -7.89. The number of halogens is 13. The van der Waals surface area contributed by atoms with Gasteiger partial charge in [-0.2, -0.15) is 57.1 Å². The van der Waals surface area contributed by atoms with Crippen LogP contribution in [-0.4, -0.2) is 50.5 Å².